The Morgan fingerprint density at radius 3 is 2.60 bits per heavy atom. The molecule has 1 amide bonds. The highest BCUT2D eigenvalue weighted by atomic mass is 32.2. The molecule has 0 fully saturated rings. The van der Waals surface area contributed by atoms with Crippen molar-refractivity contribution >= 4 is 50.5 Å². The first-order valence-corrected chi connectivity index (χ1v) is 12.6. The molecule has 3 N–H and O–H groups in total. The van der Waals surface area contributed by atoms with E-state index in [0.29, 0.717) is 5.69 Å². The van der Waals surface area contributed by atoms with E-state index in [-0.39, 0.29) is 11.9 Å². The molecule has 0 saturated carbocycles. The van der Waals surface area contributed by atoms with Gasteiger partial charge in [0.25, 0.3) is 0 Å². The minimum absolute atomic E-state index is 0.219. The molecule has 0 radical (unpaired) electrons. The number of anilines is 1. The van der Waals surface area contributed by atoms with Gasteiger partial charge in [-0.2, -0.15) is 11.8 Å². The number of hydrogen-bond acceptors (Lipinski definition) is 5. The van der Waals surface area contributed by atoms with Gasteiger partial charge < -0.3 is 10.3 Å². The Morgan fingerprint density at radius 2 is 1.93 bits per heavy atom. The quantitative estimate of drug-likeness (QED) is 0.438. The van der Waals surface area contributed by atoms with Crippen LogP contribution in [-0.2, 0) is 14.8 Å². The van der Waals surface area contributed by atoms with Gasteiger partial charge in [0.15, 0.2) is 0 Å². The topological polar surface area (TPSA) is 104 Å². The molecular formula is C21H24N4O3S2. The third kappa shape index (κ3) is 6.36. The first-order valence-electron chi connectivity index (χ1n) is 9.34. The Balaban J connectivity index is 1.68. The highest BCUT2D eigenvalue weighted by Crippen LogP contribution is 2.20. The maximum Gasteiger partial charge on any atom is 0.244 e. The van der Waals surface area contributed by atoms with E-state index >= 15 is 0 Å². The SMILES string of the molecule is CSCCC(NC(=O)/C=C/c1ccc(NS(C)(=O)=O)cc1)c1nc2ccccc2[nH]1. The van der Waals surface area contributed by atoms with Crippen LogP contribution < -0.4 is 10.0 Å². The highest BCUT2D eigenvalue weighted by Gasteiger charge is 2.17. The van der Waals surface area contributed by atoms with E-state index in [1.165, 1.54) is 6.08 Å². The molecule has 1 atom stereocenters. The van der Waals surface area contributed by atoms with Crippen LogP contribution in [0.15, 0.2) is 54.6 Å². The Morgan fingerprint density at radius 1 is 1.20 bits per heavy atom. The average Bonchev–Trinajstić information content (AvgIpc) is 3.13. The van der Waals surface area contributed by atoms with E-state index in [0.717, 1.165) is 40.9 Å². The Bertz CT molecular complexity index is 1110. The van der Waals surface area contributed by atoms with Crippen LogP contribution in [0.2, 0.25) is 0 Å². The Kier molecular flexibility index (Phi) is 7.17. The maximum absolute atomic E-state index is 12.5. The van der Waals surface area contributed by atoms with E-state index < -0.39 is 10.0 Å². The highest BCUT2D eigenvalue weighted by molar-refractivity contribution is 7.98. The second-order valence-electron chi connectivity index (χ2n) is 6.81. The summed E-state index contributed by atoms with van der Waals surface area (Å²) in [5, 5.41) is 3.02. The number of nitrogens with one attached hydrogen (secondary N) is 3. The summed E-state index contributed by atoms with van der Waals surface area (Å²) in [6.07, 6.45) is 7.03. The molecule has 3 rings (SSSR count). The molecule has 7 nitrogen and oxygen atoms in total. The molecule has 2 aromatic carbocycles. The summed E-state index contributed by atoms with van der Waals surface area (Å²) in [5.74, 6) is 1.41. The number of benzene rings is 2. The molecule has 1 unspecified atom stereocenters. The minimum Gasteiger partial charge on any atom is -0.343 e. The fraction of sp³-hybridized carbons (Fsp3) is 0.238. The van der Waals surface area contributed by atoms with Gasteiger partial charge >= 0.3 is 0 Å². The van der Waals surface area contributed by atoms with Crippen molar-refractivity contribution < 1.29 is 13.2 Å². The van der Waals surface area contributed by atoms with Gasteiger partial charge in [-0.15, -0.1) is 0 Å². The summed E-state index contributed by atoms with van der Waals surface area (Å²) in [5.41, 5.74) is 3.07. The minimum atomic E-state index is -3.32. The summed E-state index contributed by atoms with van der Waals surface area (Å²) in [7, 11) is -3.32. The summed E-state index contributed by atoms with van der Waals surface area (Å²) >= 11 is 1.71. The van der Waals surface area contributed by atoms with Gasteiger partial charge in [0.1, 0.15) is 5.82 Å². The van der Waals surface area contributed by atoms with Crippen molar-refractivity contribution in [2.75, 3.05) is 23.0 Å². The molecule has 0 aliphatic heterocycles. The van der Waals surface area contributed by atoms with Gasteiger partial charge in [0.2, 0.25) is 15.9 Å². The van der Waals surface area contributed by atoms with Crippen molar-refractivity contribution in [3.05, 3.63) is 66.0 Å². The van der Waals surface area contributed by atoms with Crippen LogP contribution in [0, 0.1) is 0 Å². The predicted octanol–water partition coefficient (Wildman–Crippen LogP) is 3.56. The van der Waals surface area contributed by atoms with Crippen molar-refractivity contribution in [2.24, 2.45) is 0 Å². The van der Waals surface area contributed by atoms with Crippen molar-refractivity contribution in [1.29, 1.82) is 0 Å². The van der Waals surface area contributed by atoms with Crippen LogP contribution in [-0.4, -0.2) is 42.6 Å². The predicted molar refractivity (Wildman–Crippen MR) is 124 cm³/mol. The van der Waals surface area contributed by atoms with Crippen molar-refractivity contribution in [3.63, 3.8) is 0 Å². The molecule has 1 heterocycles. The van der Waals surface area contributed by atoms with Gasteiger partial charge in [0, 0.05) is 11.8 Å². The van der Waals surface area contributed by atoms with Gasteiger partial charge in [-0.3, -0.25) is 9.52 Å². The van der Waals surface area contributed by atoms with Crippen LogP contribution in [0.4, 0.5) is 5.69 Å². The second kappa shape index (κ2) is 9.82. The number of hydrogen-bond donors (Lipinski definition) is 3. The first kappa shape index (κ1) is 21.9. The zero-order valence-corrected chi connectivity index (χ0v) is 18.4. The van der Waals surface area contributed by atoms with E-state index in [2.05, 4.69) is 20.0 Å². The number of amides is 1. The van der Waals surface area contributed by atoms with Crippen LogP contribution in [0.5, 0.6) is 0 Å². The summed E-state index contributed by atoms with van der Waals surface area (Å²) in [4.78, 5) is 20.4. The molecule has 0 aliphatic rings. The fourth-order valence-corrected chi connectivity index (χ4v) is 3.95. The monoisotopic (exact) mass is 444 g/mol. The third-order valence-electron chi connectivity index (χ3n) is 4.31. The summed E-state index contributed by atoms with van der Waals surface area (Å²) in [6, 6.07) is 14.3. The van der Waals surface area contributed by atoms with Crippen molar-refractivity contribution in [3.8, 4) is 0 Å². The molecule has 3 aromatic rings. The van der Waals surface area contributed by atoms with E-state index in [1.807, 2.05) is 30.5 Å². The third-order valence-corrected chi connectivity index (χ3v) is 5.56. The lowest BCUT2D eigenvalue weighted by Gasteiger charge is -2.15. The normalized spacial score (nSPS) is 12.9. The van der Waals surface area contributed by atoms with E-state index in [4.69, 9.17) is 0 Å². The molecule has 0 saturated heterocycles. The van der Waals surface area contributed by atoms with Crippen LogP contribution >= 0.6 is 11.8 Å². The number of thioether (sulfide) groups is 1. The summed E-state index contributed by atoms with van der Waals surface area (Å²) in [6.45, 7) is 0. The fourth-order valence-electron chi connectivity index (χ4n) is 2.92. The largest absolute Gasteiger partial charge is 0.343 e. The average molecular weight is 445 g/mol. The lowest BCUT2D eigenvalue weighted by molar-refractivity contribution is -0.117. The van der Waals surface area contributed by atoms with Gasteiger partial charge in [-0.25, -0.2) is 13.4 Å². The number of imidazole rings is 1. The van der Waals surface area contributed by atoms with Crippen LogP contribution in [0.25, 0.3) is 17.1 Å². The number of rotatable bonds is 9. The lowest BCUT2D eigenvalue weighted by Crippen LogP contribution is -2.28. The molecule has 0 aliphatic carbocycles. The number of nitrogens with zero attached hydrogens (tertiary/aromatic N) is 1. The molecule has 0 spiro atoms. The molecule has 158 valence electrons. The lowest BCUT2D eigenvalue weighted by atomic mass is 10.2. The number of fused-ring (bicyclic) bond motifs is 1. The molecule has 9 heteroatoms. The number of sulfonamides is 1. The number of carbonyl (C=O) groups excluding carboxylic acids is 1. The second-order valence-corrected chi connectivity index (χ2v) is 9.55. The number of carbonyl (C=O) groups is 1. The smallest absolute Gasteiger partial charge is 0.244 e. The maximum atomic E-state index is 12.5. The molecule has 30 heavy (non-hydrogen) atoms. The van der Waals surface area contributed by atoms with Crippen LogP contribution in [0.1, 0.15) is 23.9 Å². The molecule has 0 bridgehead atoms. The molecule has 1 aromatic heterocycles. The number of aromatic nitrogens is 2. The first-order chi connectivity index (χ1) is 14.3. The van der Waals surface area contributed by atoms with E-state index in [1.54, 1.807) is 42.1 Å². The van der Waals surface area contributed by atoms with Gasteiger partial charge in [0.05, 0.1) is 23.3 Å². The zero-order valence-electron chi connectivity index (χ0n) is 16.8. The van der Waals surface area contributed by atoms with Crippen molar-refractivity contribution in [2.45, 2.75) is 12.5 Å². The standard InChI is InChI=1S/C21H24N4O3S2/c1-29-14-13-19(21-23-17-5-3-4-6-18(17)24-21)22-20(26)12-9-15-7-10-16(11-8-15)25-30(2,27)28/h3-12,19,25H,13-14H2,1-2H3,(H,22,26)(H,23,24)/b12-9+. The summed E-state index contributed by atoms with van der Waals surface area (Å²) < 4.78 is 24.9. The van der Waals surface area contributed by atoms with Crippen LogP contribution in [0.3, 0.4) is 0 Å². The number of aromatic amines is 1. The Hall–Kier alpha value is -2.78. The number of H-pyrrole nitrogens is 1. The Labute approximate surface area is 180 Å². The van der Waals surface area contributed by atoms with Gasteiger partial charge in [-0.1, -0.05) is 24.3 Å². The zero-order chi connectivity index (χ0) is 21.6. The van der Waals surface area contributed by atoms with E-state index in [9.17, 15) is 13.2 Å². The molecular weight excluding hydrogens is 420 g/mol. The number of para-hydroxylation sites is 2. The van der Waals surface area contributed by atoms with Gasteiger partial charge in [-0.05, 0) is 54.3 Å². The van der Waals surface area contributed by atoms with Crippen molar-refractivity contribution in [1.82, 2.24) is 15.3 Å².